The minimum absolute atomic E-state index is 0.00138. The van der Waals surface area contributed by atoms with Gasteiger partial charge in [-0.15, -0.1) is 0 Å². The topological polar surface area (TPSA) is 97.0 Å². The zero-order valence-electron chi connectivity index (χ0n) is 19.5. The van der Waals surface area contributed by atoms with Crippen LogP contribution in [0.3, 0.4) is 0 Å². The first kappa shape index (κ1) is 25.0. The van der Waals surface area contributed by atoms with Crippen LogP contribution in [0.15, 0.2) is 36.4 Å². The summed E-state index contributed by atoms with van der Waals surface area (Å²) in [5, 5.41) is 5.63. The van der Waals surface area contributed by atoms with Gasteiger partial charge in [-0.1, -0.05) is 6.92 Å². The molecule has 0 radical (unpaired) electrons. The third-order valence-corrected chi connectivity index (χ3v) is 5.45. The fraction of sp³-hybridized carbons (Fsp3) is 0.400. The summed E-state index contributed by atoms with van der Waals surface area (Å²) < 4.78 is 25.4. The van der Waals surface area contributed by atoms with Crippen molar-refractivity contribution in [2.24, 2.45) is 0 Å². The van der Waals surface area contributed by atoms with Crippen LogP contribution in [0.1, 0.15) is 48.5 Å². The summed E-state index contributed by atoms with van der Waals surface area (Å²) >= 11 is 0. The van der Waals surface area contributed by atoms with Crippen molar-refractivity contribution in [2.75, 3.05) is 26.7 Å². The van der Waals surface area contributed by atoms with Gasteiger partial charge in [-0.25, -0.2) is 4.39 Å². The number of rotatable bonds is 2. The number of hydrogen-bond acceptors (Lipinski definition) is 5. The quantitative estimate of drug-likeness (QED) is 0.700. The summed E-state index contributed by atoms with van der Waals surface area (Å²) in [5.41, 5.74) is 0.929. The smallest absolute Gasteiger partial charge is 0.251 e. The van der Waals surface area contributed by atoms with Gasteiger partial charge in [0, 0.05) is 50.7 Å². The van der Waals surface area contributed by atoms with Gasteiger partial charge in [0.1, 0.15) is 11.6 Å². The van der Waals surface area contributed by atoms with Gasteiger partial charge in [0.2, 0.25) is 11.8 Å². The van der Waals surface area contributed by atoms with E-state index in [-0.39, 0.29) is 36.4 Å². The second-order valence-electron chi connectivity index (χ2n) is 7.99. The Hall–Kier alpha value is -3.62. The van der Waals surface area contributed by atoms with E-state index >= 15 is 0 Å². The van der Waals surface area contributed by atoms with E-state index in [1.165, 1.54) is 19.2 Å². The number of halogens is 1. The van der Waals surface area contributed by atoms with Crippen LogP contribution in [-0.4, -0.2) is 49.4 Å². The molecule has 2 aliphatic rings. The summed E-state index contributed by atoms with van der Waals surface area (Å²) in [6.07, 6.45) is 1.70. The minimum atomic E-state index is -0.507. The maximum absolute atomic E-state index is 14.2. The lowest BCUT2D eigenvalue weighted by molar-refractivity contribution is -0.131. The Morgan fingerprint density at radius 2 is 1.91 bits per heavy atom. The van der Waals surface area contributed by atoms with Gasteiger partial charge >= 0.3 is 0 Å². The van der Waals surface area contributed by atoms with E-state index in [4.69, 9.17) is 9.47 Å². The maximum atomic E-state index is 14.2. The first-order valence-corrected chi connectivity index (χ1v) is 11.4. The lowest BCUT2D eigenvalue weighted by Crippen LogP contribution is -2.35. The van der Waals surface area contributed by atoms with Crippen LogP contribution < -0.4 is 20.1 Å². The highest BCUT2D eigenvalue weighted by Gasteiger charge is 2.15. The highest BCUT2D eigenvalue weighted by atomic mass is 19.1. The molecule has 0 aliphatic carbocycles. The van der Waals surface area contributed by atoms with Crippen molar-refractivity contribution in [3.63, 3.8) is 0 Å². The van der Waals surface area contributed by atoms with Crippen molar-refractivity contribution in [1.29, 1.82) is 0 Å². The van der Waals surface area contributed by atoms with Crippen LogP contribution in [0.2, 0.25) is 0 Å². The first-order chi connectivity index (χ1) is 16.4. The lowest BCUT2D eigenvalue weighted by atomic mass is 10.1. The number of benzene rings is 2. The Morgan fingerprint density at radius 3 is 2.68 bits per heavy atom. The molecule has 8 nitrogen and oxygen atoms in total. The average molecular weight is 472 g/mol. The van der Waals surface area contributed by atoms with Crippen molar-refractivity contribution in [3.05, 3.63) is 53.3 Å². The van der Waals surface area contributed by atoms with Gasteiger partial charge in [0.15, 0.2) is 11.5 Å². The van der Waals surface area contributed by atoms with Crippen LogP contribution in [0.25, 0.3) is 0 Å². The van der Waals surface area contributed by atoms with Gasteiger partial charge in [-0.3, -0.25) is 14.4 Å². The molecule has 3 amide bonds. The standard InChI is InChI=1S/C25H30FN3O5/c1-3-24(31)29-10-4-6-23(30)28-16-17-12-19(26)15-20(13-17)34-21-8-7-18(14-22(21)33-2)25(32)27-9-5-11-29/h7-8,12-15H,3-6,9-11,16H2,1-2H3,(H,27,32)(H,28,30). The van der Waals surface area contributed by atoms with Crippen LogP contribution in [0.4, 0.5) is 4.39 Å². The highest BCUT2D eigenvalue weighted by molar-refractivity contribution is 5.94. The van der Waals surface area contributed by atoms with E-state index in [1.54, 1.807) is 36.1 Å². The van der Waals surface area contributed by atoms with E-state index in [2.05, 4.69) is 10.6 Å². The van der Waals surface area contributed by atoms with E-state index in [0.717, 1.165) is 0 Å². The van der Waals surface area contributed by atoms with Crippen molar-refractivity contribution in [1.82, 2.24) is 15.5 Å². The Balaban J connectivity index is 1.85. The molecule has 0 saturated carbocycles. The van der Waals surface area contributed by atoms with Gasteiger partial charge in [-0.05, 0) is 48.7 Å². The van der Waals surface area contributed by atoms with E-state index in [9.17, 15) is 18.8 Å². The molecule has 0 fully saturated rings. The second-order valence-corrected chi connectivity index (χ2v) is 7.99. The molecule has 34 heavy (non-hydrogen) atoms. The molecule has 2 heterocycles. The van der Waals surface area contributed by atoms with E-state index < -0.39 is 5.82 Å². The predicted octanol–water partition coefficient (Wildman–Crippen LogP) is 3.40. The number of carbonyl (C=O) groups excluding carboxylic acids is 3. The molecule has 2 aromatic carbocycles. The minimum Gasteiger partial charge on any atom is -0.493 e. The molecule has 9 heteroatoms. The molecule has 0 atom stereocenters. The van der Waals surface area contributed by atoms with Crippen molar-refractivity contribution < 1.29 is 28.2 Å². The number of ether oxygens (including phenoxy) is 2. The van der Waals surface area contributed by atoms with Crippen LogP contribution >= 0.6 is 0 Å². The summed E-state index contributed by atoms with van der Waals surface area (Å²) in [5.74, 6) is -0.0903. The van der Waals surface area contributed by atoms with Crippen LogP contribution in [0.5, 0.6) is 17.2 Å². The molecule has 0 spiro atoms. The Labute approximate surface area is 198 Å². The summed E-state index contributed by atoms with van der Waals surface area (Å²) in [6.45, 7) is 3.25. The summed E-state index contributed by atoms with van der Waals surface area (Å²) in [4.78, 5) is 38.8. The van der Waals surface area contributed by atoms with E-state index in [1.807, 2.05) is 0 Å². The SMILES string of the molecule is CCC(=O)N1CCCNC(=O)c2ccc(c(OC)c2)Oc2cc(F)cc(c2)CNC(=O)CCC1. The van der Waals surface area contributed by atoms with Gasteiger partial charge < -0.3 is 25.0 Å². The number of amides is 3. The molecular weight excluding hydrogens is 441 g/mol. The number of hydrogen-bond donors (Lipinski definition) is 2. The molecule has 2 N–H and O–H groups in total. The molecule has 0 saturated heterocycles. The van der Waals surface area contributed by atoms with Crippen molar-refractivity contribution in [2.45, 2.75) is 39.2 Å². The molecular formula is C25H30FN3O5. The molecule has 0 aromatic heterocycles. The molecule has 4 bridgehead atoms. The van der Waals surface area contributed by atoms with Gasteiger partial charge in [0.05, 0.1) is 7.11 Å². The number of fused-ring (bicyclic) bond motifs is 13. The fourth-order valence-electron chi connectivity index (χ4n) is 3.68. The lowest BCUT2D eigenvalue weighted by Gasteiger charge is -2.22. The third-order valence-electron chi connectivity index (χ3n) is 5.45. The average Bonchev–Trinajstić information content (AvgIpc) is 2.82. The van der Waals surface area contributed by atoms with Crippen molar-refractivity contribution >= 4 is 17.7 Å². The van der Waals surface area contributed by atoms with E-state index in [0.29, 0.717) is 61.5 Å². The molecule has 182 valence electrons. The highest BCUT2D eigenvalue weighted by Crippen LogP contribution is 2.33. The summed E-state index contributed by atoms with van der Waals surface area (Å²) in [7, 11) is 1.45. The number of carbonyl (C=O) groups is 3. The first-order valence-electron chi connectivity index (χ1n) is 11.4. The second kappa shape index (κ2) is 12.0. The van der Waals surface area contributed by atoms with Gasteiger partial charge in [0.25, 0.3) is 5.91 Å². The fourth-order valence-corrected chi connectivity index (χ4v) is 3.68. The predicted molar refractivity (Wildman–Crippen MR) is 124 cm³/mol. The number of nitrogens with one attached hydrogen (secondary N) is 2. The van der Waals surface area contributed by atoms with Crippen LogP contribution in [0, 0.1) is 5.82 Å². The number of nitrogens with zero attached hydrogens (tertiary/aromatic N) is 1. The van der Waals surface area contributed by atoms with Crippen molar-refractivity contribution in [3.8, 4) is 17.2 Å². The monoisotopic (exact) mass is 471 g/mol. The third kappa shape index (κ3) is 6.94. The van der Waals surface area contributed by atoms with Gasteiger partial charge in [-0.2, -0.15) is 0 Å². The Bertz CT molecular complexity index is 1040. The zero-order chi connectivity index (χ0) is 24.5. The van der Waals surface area contributed by atoms with Crippen LogP contribution in [-0.2, 0) is 16.1 Å². The molecule has 2 aromatic rings. The largest absolute Gasteiger partial charge is 0.493 e. The molecule has 4 rings (SSSR count). The Morgan fingerprint density at radius 1 is 1.12 bits per heavy atom. The Kier molecular flexibility index (Phi) is 8.84. The zero-order valence-corrected chi connectivity index (χ0v) is 19.5. The summed E-state index contributed by atoms with van der Waals surface area (Å²) in [6, 6.07) is 8.92. The maximum Gasteiger partial charge on any atom is 0.251 e. The molecule has 2 aliphatic heterocycles. The number of methoxy groups -OCH3 is 1. The normalized spacial score (nSPS) is 15.7. The molecule has 0 unspecified atom stereocenters.